The summed E-state index contributed by atoms with van der Waals surface area (Å²) >= 11 is 0. The Kier molecular flexibility index (Phi) is 2.99. The highest BCUT2D eigenvalue weighted by molar-refractivity contribution is 5.78. The molecule has 0 aliphatic carbocycles. The zero-order chi connectivity index (χ0) is 13.4. The summed E-state index contributed by atoms with van der Waals surface area (Å²) in [6, 6.07) is 7.82. The summed E-state index contributed by atoms with van der Waals surface area (Å²) in [5, 5.41) is 14.3. The van der Waals surface area contributed by atoms with Crippen LogP contribution >= 0.6 is 0 Å². The molecule has 96 valence electrons. The molecule has 1 heterocycles. The van der Waals surface area contributed by atoms with Gasteiger partial charge in [-0.15, -0.1) is 0 Å². The summed E-state index contributed by atoms with van der Waals surface area (Å²) in [4.78, 5) is 8.71. The Morgan fingerprint density at radius 1 is 1.11 bits per heavy atom. The van der Waals surface area contributed by atoms with Crippen LogP contribution in [0.3, 0.4) is 0 Å². The Morgan fingerprint density at radius 3 is 2.44 bits per heavy atom. The monoisotopic (exact) mass is 245 g/mol. The minimum Gasteiger partial charge on any atom is -0.388 e. The number of nitrogens with zero attached hydrogens (tertiary/aromatic N) is 2. The Bertz CT molecular complexity index is 558. The van der Waals surface area contributed by atoms with Crippen LogP contribution in [-0.2, 0) is 0 Å². The lowest BCUT2D eigenvalue weighted by Crippen LogP contribution is -2.51. The maximum atomic E-state index is 10.1. The van der Waals surface area contributed by atoms with Crippen molar-refractivity contribution in [2.45, 2.75) is 38.8 Å². The summed E-state index contributed by atoms with van der Waals surface area (Å²) in [5.74, 6) is 0.529. The van der Waals surface area contributed by atoms with E-state index in [1.165, 1.54) is 0 Å². The van der Waals surface area contributed by atoms with Gasteiger partial charge in [0.15, 0.2) is 0 Å². The molecule has 18 heavy (non-hydrogen) atoms. The minimum atomic E-state index is -0.873. The van der Waals surface area contributed by atoms with Gasteiger partial charge in [0.1, 0.15) is 0 Å². The molecule has 0 aliphatic heterocycles. The Morgan fingerprint density at radius 2 is 1.78 bits per heavy atom. The first-order chi connectivity index (χ1) is 8.29. The number of aromatic nitrogens is 2. The molecular formula is C14H19N3O. The predicted octanol–water partition coefficient (Wildman–Crippen LogP) is 2.59. The number of nitrogens with one attached hydrogen (secondary N) is 1. The minimum absolute atomic E-state index is 0.518. The highest BCUT2D eigenvalue weighted by atomic mass is 16.3. The van der Waals surface area contributed by atoms with E-state index in [2.05, 4.69) is 15.3 Å². The van der Waals surface area contributed by atoms with Gasteiger partial charge in [-0.2, -0.15) is 0 Å². The predicted molar refractivity (Wildman–Crippen MR) is 73.5 cm³/mol. The van der Waals surface area contributed by atoms with Gasteiger partial charge in [-0.25, -0.2) is 9.97 Å². The molecule has 0 amide bonds. The Hall–Kier alpha value is -1.68. The van der Waals surface area contributed by atoms with E-state index in [0.29, 0.717) is 5.95 Å². The molecule has 0 unspecified atom stereocenters. The number of fused-ring (bicyclic) bond motifs is 1. The molecule has 4 heteroatoms. The third-order valence-corrected chi connectivity index (χ3v) is 3.44. The van der Waals surface area contributed by atoms with E-state index in [4.69, 9.17) is 0 Å². The van der Waals surface area contributed by atoms with Crippen LogP contribution in [0.2, 0.25) is 0 Å². The van der Waals surface area contributed by atoms with Crippen LogP contribution < -0.4 is 5.32 Å². The van der Waals surface area contributed by atoms with Gasteiger partial charge < -0.3 is 10.4 Å². The fourth-order valence-corrected chi connectivity index (χ4v) is 1.46. The highest BCUT2D eigenvalue weighted by Gasteiger charge is 2.35. The van der Waals surface area contributed by atoms with Gasteiger partial charge in [0, 0.05) is 11.6 Å². The molecule has 2 N–H and O–H groups in total. The highest BCUT2D eigenvalue weighted by Crippen LogP contribution is 2.24. The summed E-state index contributed by atoms with van der Waals surface area (Å²) in [5.41, 5.74) is -0.501. The van der Waals surface area contributed by atoms with Gasteiger partial charge in [0.25, 0.3) is 0 Å². The van der Waals surface area contributed by atoms with Crippen LogP contribution in [0.25, 0.3) is 10.9 Å². The molecule has 2 rings (SSSR count). The number of hydrogen-bond donors (Lipinski definition) is 2. The van der Waals surface area contributed by atoms with Gasteiger partial charge in [-0.3, -0.25) is 0 Å². The lowest BCUT2D eigenvalue weighted by molar-refractivity contribution is 0.0237. The van der Waals surface area contributed by atoms with Crippen molar-refractivity contribution in [3.8, 4) is 0 Å². The second-order valence-corrected chi connectivity index (χ2v) is 5.56. The summed E-state index contributed by atoms with van der Waals surface area (Å²) in [7, 11) is 0. The fraction of sp³-hybridized carbons (Fsp3) is 0.429. The largest absolute Gasteiger partial charge is 0.388 e. The number of hydrogen-bond acceptors (Lipinski definition) is 4. The third-order valence-electron chi connectivity index (χ3n) is 3.44. The van der Waals surface area contributed by atoms with Crippen LogP contribution in [0.15, 0.2) is 30.5 Å². The first kappa shape index (κ1) is 12.8. The topological polar surface area (TPSA) is 58.0 Å². The molecule has 4 nitrogen and oxygen atoms in total. The average molecular weight is 245 g/mol. The number of anilines is 1. The first-order valence-electron chi connectivity index (χ1n) is 6.02. The number of para-hydroxylation sites is 1. The van der Waals surface area contributed by atoms with Crippen molar-refractivity contribution in [3.63, 3.8) is 0 Å². The van der Waals surface area contributed by atoms with Crippen molar-refractivity contribution in [3.05, 3.63) is 30.5 Å². The van der Waals surface area contributed by atoms with E-state index in [1.807, 2.05) is 38.1 Å². The first-order valence-corrected chi connectivity index (χ1v) is 6.02. The molecule has 1 aromatic carbocycles. The molecule has 0 saturated carbocycles. The molecular weight excluding hydrogens is 226 g/mol. The molecule has 0 aliphatic rings. The van der Waals surface area contributed by atoms with E-state index < -0.39 is 11.1 Å². The van der Waals surface area contributed by atoms with E-state index in [9.17, 15) is 5.11 Å². The summed E-state index contributed by atoms with van der Waals surface area (Å²) < 4.78 is 0. The maximum absolute atomic E-state index is 10.1. The number of rotatable bonds is 3. The molecule has 2 aromatic rings. The fourth-order valence-electron chi connectivity index (χ4n) is 1.46. The van der Waals surface area contributed by atoms with Crippen LogP contribution in [0, 0.1) is 0 Å². The summed E-state index contributed by atoms with van der Waals surface area (Å²) in [6.45, 7) is 7.37. The normalized spacial score (nSPS) is 12.7. The van der Waals surface area contributed by atoms with Crippen LogP contribution in [0.1, 0.15) is 27.7 Å². The van der Waals surface area contributed by atoms with E-state index in [0.717, 1.165) is 10.9 Å². The van der Waals surface area contributed by atoms with Crippen molar-refractivity contribution >= 4 is 16.9 Å². The second kappa shape index (κ2) is 4.21. The van der Waals surface area contributed by atoms with Crippen molar-refractivity contribution in [1.29, 1.82) is 0 Å². The van der Waals surface area contributed by atoms with Gasteiger partial charge in [-0.05, 0) is 33.8 Å². The van der Waals surface area contributed by atoms with Gasteiger partial charge in [0.2, 0.25) is 5.95 Å². The molecule has 0 bridgehead atoms. The summed E-state index contributed by atoms with van der Waals surface area (Å²) in [6.07, 6.45) is 1.78. The smallest absolute Gasteiger partial charge is 0.223 e. The van der Waals surface area contributed by atoms with Crippen LogP contribution in [-0.4, -0.2) is 26.2 Å². The molecule has 0 radical (unpaired) electrons. The number of aliphatic hydroxyl groups is 1. The van der Waals surface area contributed by atoms with Crippen LogP contribution in [0.5, 0.6) is 0 Å². The third kappa shape index (κ3) is 2.43. The second-order valence-electron chi connectivity index (χ2n) is 5.56. The lowest BCUT2D eigenvalue weighted by atomic mass is 9.86. The number of benzene rings is 1. The van der Waals surface area contributed by atoms with Gasteiger partial charge in [-0.1, -0.05) is 18.2 Å². The zero-order valence-corrected chi connectivity index (χ0v) is 11.2. The molecule has 0 saturated heterocycles. The van der Waals surface area contributed by atoms with E-state index in [-0.39, 0.29) is 0 Å². The van der Waals surface area contributed by atoms with Crippen molar-refractivity contribution < 1.29 is 5.11 Å². The maximum Gasteiger partial charge on any atom is 0.223 e. The molecule has 0 atom stereocenters. The lowest BCUT2D eigenvalue weighted by Gasteiger charge is -2.37. The SMILES string of the molecule is CC(C)(O)C(C)(C)Nc1ncc2ccccc2n1. The van der Waals surface area contributed by atoms with Gasteiger partial charge >= 0.3 is 0 Å². The molecule has 0 spiro atoms. The van der Waals surface area contributed by atoms with Gasteiger partial charge in [0.05, 0.1) is 16.7 Å². The van der Waals surface area contributed by atoms with Crippen molar-refractivity contribution in [2.75, 3.05) is 5.32 Å². The van der Waals surface area contributed by atoms with Crippen LogP contribution in [0.4, 0.5) is 5.95 Å². The quantitative estimate of drug-likeness (QED) is 0.872. The Labute approximate surface area is 107 Å². The molecule has 0 fully saturated rings. The molecule has 1 aromatic heterocycles. The zero-order valence-electron chi connectivity index (χ0n) is 11.2. The van der Waals surface area contributed by atoms with E-state index in [1.54, 1.807) is 20.0 Å². The van der Waals surface area contributed by atoms with Crippen molar-refractivity contribution in [1.82, 2.24) is 9.97 Å². The average Bonchev–Trinajstić information content (AvgIpc) is 2.27. The standard InChI is InChI=1S/C14H19N3O/c1-13(2,14(3,4)18)17-12-15-9-10-7-5-6-8-11(10)16-12/h5-9,18H,1-4H3,(H,15,16,17). The van der Waals surface area contributed by atoms with Crippen molar-refractivity contribution in [2.24, 2.45) is 0 Å². The van der Waals surface area contributed by atoms with E-state index >= 15 is 0 Å². The Balaban J connectivity index is 2.33.